The lowest BCUT2D eigenvalue weighted by Crippen LogP contribution is -2.45. The number of hydrogen-bond acceptors (Lipinski definition) is 10. The minimum atomic E-state index is -0.799. The molecule has 0 spiro atoms. The zero-order chi connectivity index (χ0) is 26.1. The molecular weight excluding hydrogens is 456 g/mol. The van der Waals surface area contributed by atoms with Crippen molar-refractivity contribution in [2.75, 3.05) is 29.2 Å². The molecule has 0 bridgehead atoms. The van der Waals surface area contributed by atoms with Gasteiger partial charge in [0.2, 0.25) is 10.9 Å². The fraction of sp³-hybridized carbons (Fsp3) is 0.217. The maximum Gasteiger partial charge on any atom is 0.232 e. The van der Waals surface area contributed by atoms with Crippen molar-refractivity contribution in [1.82, 2.24) is 0 Å². The van der Waals surface area contributed by atoms with E-state index >= 15 is 0 Å². The number of nitrogens with one attached hydrogen (secondary N) is 2. The van der Waals surface area contributed by atoms with Gasteiger partial charge in [0, 0.05) is 32.5 Å². The van der Waals surface area contributed by atoms with Crippen LogP contribution >= 0.6 is 24.4 Å². The van der Waals surface area contributed by atoms with E-state index < -0.39 is 16.2 Å². The molecule has 0 saturated carbocycles. The number of nitrogen functional groups attached to an aromatic ring is 4. The van der Waals surface area contributed by atoms with Crippen molar-refractivity contribution in [2.24, 2.45) is 0 Å². The predicted molar refractivity (Wildman–Crippen MR) is 145 cm³/mol. The summed E-state index contributed by atoms with van der Waals surface area (Å²) in [7, 11) is 0. The monoisotopic (exact) mass is 490 g/mol. The van der Waals surface area contributed by atoms with Crippen molar-refractivity contribution < 1.29 is 0 Å². The molecule has 8 nitrogen and oxygen atoms in total. The van der Waals surface area contributed by atoms with Crippen LogP contribution in [0.1, 0.15) is 27.7 Å². The SMILES string of the molecule is CC.CC.CSc1cc(N)ccc1N.N=c1ccc(=O)c(=N)c1=O.Nc1ccc(N)c(S)c1. The number of rotatable bonds is 1. The van der Waals surface area contributed by atoms with E-state index in [9.17, 15) is 9.59 Å². The maximum atomic E-state index is 10.6. The van der Waals surface area contributed by atoms with Gasteiger partial charge >= 0.3 is 0 Å². The minimum absolute atomic E-state index is 0.301. The van der Waals surface area contributed by atoms with Crippen LogP contribution in [0.25, 0.3) is 0 Å². The van der Waals surface area contributed by atoms with E-state index in [-0.39, 0.29) is 5.36 Å². The summed E-state index contributed by atoms with van der Waals surface area (Å²) in [5.41, 5.74) is 23.5. The van der Waals surface area contributed by atoms with Gasteiger partial charge in [0.15, 0.2) is 5.36 Å². The summed E-state index contributed by atoms with van der Waals surface area (Å²) in [5, 5.41) is 12.8. The van der Waals surface area contributed by atoms with Gasteiger partial charge in [0.1, 0.15) is 5.36 Å². The van der Waals surface area contributed by atoms with Crippen molar-refractivity contribution >= 4 is 47.1 Å². The van der Waals surface area contributed by atoms with Crippen LogP contribution < -0.4 is 44.5 Å². The maximum absolute atomic E-state index is 10.6. The zero-order valence-electron chi connectivity index (χ0n) is 19.6. The van der Waals surface area contributed by atoms with E-state index in [1.165, 1.54) is 0 Å². The van der Waals surface area contributed by atoms with Crippen molar-refractivity contribution in [3.63, 3.8) is 0 Å². The van der Waals surface area contributed by atoms with Crippen LogP contribution in [0.4, 0.5) is 22.7 Å². The van der Waals surface area contributed by atoms with Crippen LogP contribution in [-0.4, -0.2) is 6.26 Å². The van der Waals surface area contributed by atoms with E-state index in [0.29, 0.717) is 11.4 Å². The molecule has 3 aromatic carbocycles. The molecule has 0 saturated heterocycles. The molecule has 0 fully saturated rings. The second-order valence-corrected chi connectivity index (χ2v) is 6.96. The van der Waals surface area contributed by atoms with Gasteiger partial charge in [0.05, 0.1) is 0 Å². The molecule has 3 rings (SSSR count). The lowest BCUT2D eigenvalue weighted by molar-refractivity contribution is 1.12. The number of thioether (sulfide) groups is 1. The van der Waals surface area contributed by atoms with Gasteiger partial charge in [-0.05, 0) is 54.8 Å². The smallest absolute Gasteiger partial charge is 0.232 e. The normalized spacial score (nSPS) is 8.79. The van der Waals surface area contributed by atoms with E-state index in [0.717, 1.165) is 33.3 Å². The van der Waals surface area contributed by atoms with Gasteiger partial charge in [-0.15, -0.1) is 24.4 Å². The van der Waals surface area contributed by atoms with Crippen molar-refractivity contribution in [3.8, 4) is 0 Å². The Balaban J connectivity index is 0. The first-order valence-corrected chi connectivity index (χ1v) is 11.7. The van der Waals surface area contributed by atoms with Gasteiger partial charge in [-0.2, -0.15) is 0 Å². The van der Waals surface area contributed by atoms with Gasteiger partial charge < -0.3 is 22.9 Å². The van der Waals surface area contributed by atoms with Crippen LogP contribution in [0, 0.1) is 10.8 Å². The van der Waals surface area contributed by atoms with E-state index in [2.05, 4.69) is 12.6 Å². The van der Waals surface area contributed by atoms with Gasteiger partial charge in [-0.3, -0.25) is 20.4 Å². The Morgan fingerprint density at radius 3 is 1.64 bits per heavy atom. The van der Waals surface area contributed by atoms with Crippen LogP contribution in [0.5, 0.6) is 0 Å². The summed E-state index contributed by atoms with van der Waals surface area (Å²) in [6, 6.07) is 12.8. The number of benzene rings is 3. The first-order valence-electron chi connectivity index (χ1n) is 10.0. The molecule has 0 radical (unpaired) electrons. The van der Waals surface area contributed by atoms with Crippen LogP contribution in [0.3, 0.4) is 0 Å². The van der Waals surface area contributed by atoms with Crippen molar-refractivity contribution in [2.45, 2.75) is 37.5 Å². The highest BCUT2D eigenvalue weighted by Gasteiger charge is 1.96. The Morgan fingerprint density at radius 2 is 1.24 bits per heavy atom. The van der Waals surface area contributed by atoms with Crippen molar-refractivity contribution in [3.05, 3.63) is 79.7 Å². The Bertz CT molecular complexity index is 1150. The summed E-state index contributed by atoms with van der Waals surface area (Å²) >= 11 is 5.67. The molecule has 3 aromatic rings. The van der Waals surface area contributed by atoms with E-state index in [1.807, 2.05) is 46.1 Å². The second-order valence-electron chi connectivity index (χ2n) is 5.64. The molecule has 0 amide bonds. The fourth-order valence-electron chi connectivity index (χ4n) is 1.85. The fourth-order valence-corrected chi connectivity index (χ4v) is 2.63. The summed E-state index contributed by atoms with van der Waals surface area (Å²) in [5.74, 6) is 0. The summed E-state index contributed by atoms with van der Waals surface area (Å²) in [6.07, 6.45) is 1.98. The standard InChI is InChI=1S/C7H10N2S.C6H4N2O2.C6H8N2S.2C2H6/c1-10-7-4-5(8)2-3-6(7)9;7-3-1-2-4(9)5(8)6(3)10;7-4-1-2-5(8)6(9)3-4;2*1-2/h2-4H,8-9H2,1H3;1-2,7-8H;1-3,9H,7-8H2;2*1-2H3. The molecule has 180 valence electrons. The summed E-state index contributed by atoms with van der Waals surface area (Å²) in [6.45, 7) is 8.00. The number of anilines is 4. The number of thiol groups is 1. The highest BCUT2D eigenvalue weighted by Crippen LogP contribution is 2.24. The van der Waals surface area contributed by atoms with Crippen LogP contribution in [0.15, 0.2) is 67.9 Å². The average Bonchev–Trinajstić information content (AvgIpc) is 2.82. The predicted octanol–water partition coefficient (Wildman–Crippen LogP) is 3.01. The molecule has 0 unspecified atom stereocenters. The van der Waals surface area contributed by atoms with Gasteiger partial charge in [-0.25, -0.2) is 0 Å². The van der Waals surface area contributed by atoms with Gasteiger partial charge in [-0.1, -0.05) is 27.7 Å². The molecule has 0 heterocycles. The van der Waals surface area contributed by atoms with Gasteiger partial charge in [0.25, 0.3) is 0 Å². The zero-order valence-corrected chi connectivity index (χ0v) is 21.3. The minimum Gasteiger partial charge on any atom is -0.399 e. The first kappa shape index (κ1) is 31.9. The van der Waals surface area contributed by atoms with Crippen LogP contribution in [0.2, 0.25) is 0 Å². The van der Waals surface area contributed by atoms with E-state index in [1.54, 1.807) is 36.0 Å². The molecule has 33 heavy (non-hydrogen) atoms. The third-order valence-electron chi connectivity index (χ3n) is 3.43. The third kappa shape index (κ3) is 11.8. The van der Waals surface area contributed by atoms with E-state index in [4.69, 9.17) is 33.8 Å². The number of nitrogens with two attached hydrogens (primary N) is 4. The lowest BCUT2D eigenvalue weighted by atomic mass is 10.3. The molecule has 0 atom stereocenters. The molecular formula is C23H34N6O2S2. The quantitative estimate of drug-likeness (QED) is 0.155. The molecule has 0 aromatic heterocycles. The molecule has 10 N–H and O–H groups in total. The third-order valence-corrected chi connectivity index (χ3v) is 4.61. The molecule has 0 aliphatic heterocycles. The van der Waals surface area contributed by atoms with Crippen LogP contribution in [-0.2, 0) is 0 Å². The Hall–Kier alpha value is -3.24. The molecule has 0 aliphatic rings. The van der Waals surface area contributed by atoms with Crippen molar-refractivity contribution in [1.29, 1.82) is 10.8 Å². The lowest BCUT2D eigenvalue weighted by Gasteiger charge is -2.01. The largest absolute Gasteiger partial charge is 0.399 e. The topological polar surface area (TPSA) is 186 Å². The Kier molecular flexibility index (Phi) is 16.8. The molecule has 0 aliphatic carbocycles. The number of hydrogen-bond donors (Lipinski definition) is 7. The first-order chi connectivity index (χ1) is 15.6. The highest BCUT2D eigenvalue weighted by atomic mass is 32.2. The Morgan fingerprint density at radius 1 is 0.758 bits per heavy atom. The Labute approximate surface area is 204 Å². The summed E-state index contributed by atoms with van der Waals surface area (Å²) < 4.78 is 0. The molecule has 10 heteroatoms. The second kappa shape index (κ2) is 17.3. The average molecular weight is 491 g/mol. The highest BCUT2D eigenvalue weighted by molar-refractivity contribution is 7.98. The summed E-state index contributed by atoms with van der Waals surface area (Å²) in [4.78, 5) is 22.9.